The van der Waals surface area contributed by atoms with Crippen LogP contribution < -0.4 is 5.32 Å². The maximum absolute atomic E-state index is 9.04. The standard InChI is InChI=1S/C3H9N.C2H3ClO/c1-3-4-2;3-1-2-4/h4H,3H2,1-2H3;2H,1H2. The monoisotopic (exact) mass is 137 g/mol. The van der Waals surface area contributed by atoms with Crippen molar-refractivity contribution in [2.75, 3.05) is 19.5 Å². The van der Waals surface area contributed by atoms with E-state index >= 15 is 0 Å². The van der Waals surface area contributed by atoms with Crippen LogP contribution in [0.4, 0.5) is 0 Å². The Bertz CT molecular complexity index is 39.4. The molecule has 0 saturated heterocycles. The van der Waals surface area contributed by atoms with E-state index in [9.17, 15) is 0 Å². The highest BCUT2D eigenvalue weighted by Gasteiger charge is 1.55. The molecule has 0 spiro atoms. The molecule has 0 bridgehead atoms. The number of carbonyl (C=O) groups is 1. The molecular formula is C5H12ClNO. The summed E-state index contributed by atoms with van der Waals surface area (Å²) in [7, 11) is 1.93. The first-order chi connectivity index (χ1) is 3.83. The molecule has 0 atom stereocenters. The summed E-state index contributed by atoms with van der Waals surface area (Å²) in [6, 6.07) is 0. The van der Waals surface area contributed by atoms with E-state index in [0.717, 1.165) is 6.54 Å². The van der Waals surface area contributed by atoms with Crippen LogP contribution in [0.3, 0.4) is 0 Å². The summed E-state index contributed by atoms with van der Waals surface area (Å²) < 4.78 is 0. The zero-order valence-corrected chi connectivity index (χ0v) is 6.03. The molecule has 0 amide bonds. The molecule has 50 valence electrons. The molecule has 0 saturated carbocycles. The predicted molar refractivity (Wildman–Crippen MR) is 36.4 cm³/mol. The number of rotatable bonds is 2. The van der Waals surface area contributed by atoms with Crippen molar-refractivity contribution in [1.29, 1.82) is 0 Å². The lowest BCUT2D eigenvalue weighted by molar-refractivity contribution is -0.105. The fraction of sp³-hybridized carbons (Fsp3) is 0.800. The Kier molecular flexibility index (Phi) is 21.3. The third kappa shape index (κ3) is 38.9. The molecule has 0 aromatic heterocycles. The van der Waals surface area contributed by atoms with Crippen LogP contribution in [0.25, 0.3) is 0 Å². The fourth-order valence-electron chi connectivity index (χ4n) is 0. The normalized spacial score (nSPS) is 6.88. The Hall–Kier alpha value is -0.0800. The average molecular weight is 138 g/mol. The van der Waals surface area contributed by atoms with Gasteiger partial charge in [-0.05, 0) is 13.6 Å². The van der Waals surface area contributed by atoms with E-state index in [0.29, 0.717) is 6.29 Å². The Balaban J connectivity index is 0. The molecule has 0 rings (SSSR count). The van der Waals surface area contributed by atoms with Crippen LogP contribution >= 0.6 is 11.6 Å². The fourth-order valence-corrected chi connectivity index (χ4v) is 0. The summed E-state index contributed by atoms with van der Waals surface area (Å²) in [5.74, 6) is 0.111. The van der Waals surface area contributed by atoms with Crippen LogP contribution in [0.1, 0.15) is 6.92 Å². The molecule has 0 heterocycles. The molecule has 2 nitrogen and oxygen atoms in total. The zero-order chi connectivity index (χ0) is 6.83. The Morgan fingerprint density at radius 1 is 1.75 bits per heavy atom. The second-order valence-electron chi connectivity index (χ2n) is 1.03. The number of carbonyl (C=O) groups excluding carboxylic acids is 1. The van der Waals surface area contributed by atoms with Crippen molar-refractivity contribution in [1.82, 2.24) is 5.32 Å². The van der Waals surface area contributed by atoms with E-state index < -0.39 is 0 Å². The van der Waals surface area contributed by atoms with E-state index in [1.54, 1.807) is 0 Å². The van der Waals surface area contributed by atoms with E-state index in [2.05, 4.69) is 12.2 Å². The highest BCUT2D eigenvalue weighted by molar-refractivity contribution is 6.24. The van der Waals surface area contributed by atoms with Gasteiger partial charge in [0.05, 0.1) is 5.88 Å². The van der Waals surface area contributed by atoms with Crippen LogP contribution in [-0.2, 0) is 4.79 Å². The van der Waals surface area contributed by atoms with Crippen molar-refractivity contribution < 1.29 is 4.79 Å². The molecule has 0 aliphatic heterocycles. The number of halogens is 1. The van der Waals surface area contributed by atoms with Crippen molar-refractivity contribution in [3.63, 3.8) is 0 Å². The molecule has 0 aliphatic carbocycles. The number of hydrogen-bond acceptors (Lipinski definition) is 2. The van der Waals surface area contributed by atoms with Gasteiger partial charge in [-0.3, -0.25) is 0 Å². The van der Waals surface area contributed by atoms with Gasteiger partial charge in [-0.15, -0.1) is 11.6 Å². The topological polar surface area (TPSA) is 29.1 Å². The van der Waals surface area contributed by atoms with Crippen LogP contribution in [0, 0.1) is 0 Å². The average Bonchev–Trinajstić information content (AvgIpc) is 1.88. The van der Waals surface area contributed by atoms with Crippen LogP contribution in [0.15, 0.2) is 0 Å². The number of alkyl halides is 1. The quantitative estimate of drug-likeness (QED) is 0.447. The molecule has 0 fully saturated rings. The summed E-state index contributed by atoms with van der Waals surface area (Å²) in [6.45, 7) is 3.14. The number of aldehydes is 1. The van der Waals surface area contributed by atoms with Crippen LogP contribution in [-0.4, -0.2) is 25.8 Å². The van der Waals surface area contributed by atoms with Gasteiger partial charge in [-0.1, -0.05) is 6.92 Å². The first kappa shape index (κ1) is 10.8. The lowest BCUT2D eigenvalue weighted by Gasteiger charge is -1.76. The number of nitrogens with one attached hydrogen (secondary N) is 1. The van der Waals surface area contributed by atoms with Gasteiger partial charge in [-0.25, -0.2) is 0 Å². The van der Waals surface area contributed by atoms with E-state index in [1.807, 2.05) is 7.05 Å². The molecular weight excluding hydrogens is 126 g/mol. The maximum atomic E-state index is 9.04. The van der Waals surface area contributed by atoms with Gasteiger partial charge in [0.15, 0.2) is 0 Å². The van der Waals surface area contributed by atoms with Crippen molar-refractivity contribution in [2.45, 2.75) is 6.92 Å². The zero-order valence-electron chi connectivity index (χ0n) is 5.28. The van der Waals surface area contributed by atoms with Gasteiger partial charge in [0, 0.05) is 0 Å². The summed E-state index contributed by atoms with van der Waals surface area (Å²) in [4.78, 5) is 9.04. The molecule has 0 unspecified atom stereocenters. The van der Waals surface area contributed by atoms with Crippen molar-refractivity contribution in [3.8, 4) is 0 Å². The van der Waals surface area contributed by atoms with Gasteiger partial charge >= 0.3 is 0 Å². The molecule has 3 heteroatoms. The summed E-state index contributed by atoms with van der Waals surface area (Å²) >= 11 is 4.82. The highest BCUT2D eigenvalue weighted by atomic mass is 35.5. The molecule has 1 N–H and O–H groups in total. The predicted octanol–water partition coefficient (Wildman–Crippen LogP) is 0.650. The molecule has 0 aliphatic rings. The Morgan fingerprint density at radius 3 is 2.00 bits per heavy atom. The Morgan fingerprint density at radius 2 is 2.00 bits per heavy atom. The molecule has 0 radical (unpaired) electrons. The SMILES string of the molecule is CCNC.O=CCCl. The third-order valence-electron chi connectivity index (χ3n) is 0.417. The Labute approximate surface area is 55.2 Å². The minimum Gasteiger partial charge on any atom is -0.320 e. The third-order valence-corrected chi connectivity index (χ3v) is 0.543. The smallest absolute Gasteiger partial charge is 0.134 e. The van der Waals surface area contributed by atoms with Gasteiger partial charge in [0.1, 0.15) is 6.29 Å². The van der Waals surface area contributed by atoms with Gasteiger partial charge in [-0.2, -0.15) is 0 Å². The van der Waals surface area contributed by atoms with Crippen LogP contribution in [0.5, 0.6) is 0 Å². The first-order valence-corrected chi connectivity index (χ1v) is 3.01. The minimum absolute atomic E-state index is 0.111. The van der Waals surface area contributed by atoms with E-state index in [1.165, 1.54) is 0 Å². The maximum Gasteiger partial charge on any atom is 0.134 e. The van der Waals surface area contributed by atoms with Gasteiger partial charge in [0.2, 0.25) is 0 Å². The van der Waals surface area contributed by atoms with Crippen molar-refractivity contribution in [3.05, 3.63) is 0 Å². The van der Waals surface area contributed by atoms with Crippen LogP contribution in [0.2, 0.25) is 0 Å². The summed E-state index contributed by atoms with van der Waals surface area (Å²) in [5.41, 5.74) is 0. The first-order valence-electron chi connectivity index (χ1n) is 2.47. The molecule has 8 heavy (non-hydrogen) atoms. The van der Waals surface area contributed by atoms with E-state index in [-0.39, 0.29) is 5.88 Å². The lowest BCUT2D eigenvalue weighted by atomic mass is 10.8. The lowest BCUT2D eigenvalue weighted by Crippen LogP contribution is -2.01. The highest BCUT2D eigenvalue weighted by Crippen LogP contribution is 1.57. The van der Waals surface area contributed by atoms with Crippen molar-refractivity contribution >= 4 is 17.9 Å². The minimum atomic E-state index is 0.111. The van der Waals surface area contributed by atoms with E-state index in [4.69, 9.17) is 16.4 Å². The summed E-state index contributed by atoms with van der Waals surface area (Å²) in [6.07, 6.45) is 0.640. The second kappa shape index (κ2) is 15.8. The van der Waals surface area contributed by atoms with Gasteiger partial charge < -0.3 is 10.1 Å². The van der Waals surface area contributed by atoms with Gasteiger partial charge in [0.25, 0.3) is 0 Å². The largest absolute Gasteiger partial charge is 0.320 e. The molecule has 0 aromatic carbocycles. The number of hydrogen-bond donors (Lipinski definition) is 1. The molecule has 0 aromatic rings. The van der Waals surface area contributed by atoms with Crippen molar-refractivity contribution in [2.24, 2.45) is 0 Å². The summed E-state index contributed by atoms with van der Waals surface area (Å²) in [5, 5.41) is 2.93. The second-order valence-corrected chi connectivity index (χ2v) is 1.34.